The van der Waals surface area contributed by atoms with Crippen LogP contribution in [-0.2, 0) is 60.6 Å². The fourth-order valence-electron chi connectivity index (χ4n) is 10.3. The molecular weight excluding hydrogens is 1240 g/mol. The van der Waals surface area contributed by atoms with Gasteiger partial charge in [0.1, 0.15) is 28.7 Å². The Morgan fingerprint density at radius 1 is 0.505 bits per heavy atom. The van der Waals surface area contributed by atoms with Crippen LogP contribution >= 0.6 is 22.1 Å². The van der Waals surface area contributed by atoms with Gasteiger partial charge in [0.05, 0.1) is 92.1 Å². The van der Waals surface area contributed by atoms with Crippen LogP contribution in [-0.4, -0.2) is 192 Å². The topological polar surface area (TPSA) is 271 Å². The molecule has 21 nitrogen and oxygen atoms in total. The number of hydrogen-bond acceptors (Lipinski definition) is 14. The number of ketones is 1. The fraction of sp³-hybridized carbons (Fsp3) is 0.362. The van der Waals surface area contributed by atoms with Gasteiger partial charge in [-0.2, -0.15) is 0 Å². The largest absolute Gasteiger partial charge is 0.486 e. The standard InChI is InChI=1S/C69H86N11O10P3/c1-79(2,3)40-32-71-65(82)30-26-55-43-58(74-68(46-55)92(86,87)63-18-12-8-13-19-63)50-77-36-34-76(49-57-42-54(45-67(73-57)91(84,85)62-16-10-7-11-17-62)23-22-53-24-28-61(29-25-53)90-52-60(81)48-70)35-37-78(39-38-77)51-59-44-56(27-31-66(83)72-33-41-80(4,5)6)47-69(75-59)93(88,89)64-20-14-9-15-21-64/h7-21,24-25,28-29,42-47H,26-27,30-41,48-52,70H2,1-6H3,(H3-2,71,72,82,83,84,85,86,87,88,89)/p+2. The fourth-order valence-corrected chi connectivity index (χ4v) is 14.6. The van der Waals surface area contributed by atoms with Crippen molar-refractivity contribution in [3.8, 4) is 17.6 Å². The van der Waals surface area contributed by atoms with E-state index in [2.05, 4.69) is 79.5 Å². The number of aryl methyl sites for hydroxylation is 2. The molecule has 0 spiro atoms. The molecule has 0 radical (unpaired) electrons. The lowest BCUT2D eigenvalue weighted by atomic mass is 10.1. The summed E-state index contributed by atoms with van der Waals surface area (Å²) >= 11 is 0. The zero-order valence-electron chi connectivity index (χ0n) is 54.1. The van der Waals surface area contributed by atoms with E-state index in [9.17, 15) is 42.8 Å². The van der Waals surface area contributed by atoms with Gasteiger partial charge >= 0.3 is 0 Å². The Bertz CT molecular complexity index is 3740. The number of nitrogens with zero attached hydrogens (tertiary/aromatic N) is 8. The highest BCUT2D eigenvalue weighted by Crippen LogP contribution is 2.40. The normalized spacial score (nSPS) is 15.6. The minimum absolute atomic E-state index is 0.00261. The van der Waals surface area contributed by atoms with E-state index >= 15 is 0 Å². The van der Waals surface area contributed by atoms with Gasteiger partial charge < -0.3 is 44.8 Å². The first-order valence-electron chi connectivity index (χ1n) is 31.2. The molecule has 4 heterocycles. The Labute approximate surface area is 546 Å². The maximum Gasteiger partial charge on any atom is 0.276 e. The van der Waals surface area contributed by atoms with Gasteiger partial charge in [-0.05, 0) is 121 Å². The second-order valence-corrected chi connectivity index (χ2v) is 31.8. The van der Waals surface area contributed by atoms with Crippen LogP contribution in [0.4, 0.5) is 0 Å². The molecule has 7 aromatic rings. The number of Topliss-reactive ketones (excluding diaryl/α,β-unsaturated/α-hetero) is 1. The number of aromatic nitrogens is 3. The summed E-state index contributed by atoms with van der Waals surface area (Å²) in [5, 5.41) is 6.68. The summed E-state index contributed by atoms with van der Waals surface area (Å²) in [6.07, 6.45) is 0.877. The summed E-state index contributed by atoms with van der Waals surface area (Å²) in [5.41, 5.74) is 9.37. The number of benzene rings is 4. The summed E-state index contributed by atoms with van der Waals surface area (Å²) in [6.45, 7) is 5.66. The number of hydrogen-bond donors (Lipinski definition) is 6. The second-order valence-electron chi connectivity index (χ2n) is 25.5. The zero-order valence-corrected chi connectivity index (χ0v) is 56.7. The zero-order chi connectivity index (χ0) is 66.8. The number of nitrogens with one attached hydrogen (secondary N) is 2. The Hall–Kier alpha value is -7.37. The number of pyridine rings is 3. The molecule has 93 heavy (non-hydrogen) atoms. The number of carbonyl (C=O) groups is 3. The summed E-state index contributed by atoms with van der Waals surface area (Å²) in [7, 11) is -0.421. The summed E-state index contributed by atoms with van der Waals surface area (Å²) in [4.78, 5) is 95.3. The third-order valence-electron chi connectivity index (χ3n) is 15.6. The molecule has 0 saturated carbocycles. The Morgan fingerprint density at radius 3 is 1.23 bits per heavy atom. The molecule has 1 fully saturated rings. The molecule has 8 rings (SSSR count). The number of quaternary nitrogens is 2. The lowest BCUT2D eigenvalue weighted by Gasteiger charge is -2.26. The maximum absolute atomic E-state index is 14.6. The van der Waals surface area contributed by atoms with Crippen LogP contribution in [0.15, 0.2) is 152 Å². The molecule has 3 unspecified atom stereocenters. The van der Waals surface area contributed by atoms with Crippen molar-refractivity contribution >= 4 is 71.9 Å². The van der Waals surface area contributed by atoms with E-state index in [1.165, 1.54) is 6.07 Å². The van der Waals surface area contributed by atoms with E-state index in [0.29, 0.717) is 119 Å². The Kier molecular flexibility index (Phi) is 25.1. The van der Waals surface area contributed by atoms with Crippen LogP contribution in [0.25, 0.3) is 0 Å². The minimum atomic E-state index is -4.27. The quantitative estimate of drug-likeness (QED) is 0.0234. The van der Waals surface area contributed by atoms with Gasteiger partial charge in [-0.1, -0.05) is 66.4 Å². The number of nitrogens with two attached hydrogens (primary N) is 1. The van der Waals surface area contributed by atoms with E-state index in [1.54, 1.807) is 133 Å². The van der Waals surface area contributed by atoms with Crippen LogP contribution in [0.3, 0.4) is 0 Å². The lowest BCUT2D eigenvalue weighted by Crippen LogP contribution is -2.41. The van der Waals surface area contributed by atoms with Gasteiger partial charge in [-0.3, -0.25) is 42.8 Å². The van der Waals surface area contributed by atoms with Crippen LogP contribution in [0, 0.1) is 11.8 Å². The lowest BCUT2D eigenvalue weighted by molar-refractivity contribution is -0.869. The first-order valence-corrected chi connectivity index (χ1v) is 36.1. The summed E-state index contributed by atoms with van der Waals surface area (Å²) in [5.74, 6) is 6.31. The predicted molar refractivity (Wildman–Crippen MR) is 366 cm³/mol. The first-order chi connectivity index (χ1) is 44.2. The second kappa shape index (κ2) is 32.7. The maximum atomic E-state index is 14.6. The number of likely N-dealkylation sites (N-methyl/N-ethyl adjacent to an activating group) is 2. The van der Waals surface area contributed by atoms with Crippen molar-refractivity contribution < 1.29 is 56.5 Å². The summed E-state index contributed by atoms with van der Waals surface area (Å²) < 4.78 is 50.6. The van der Waals surface area contributed by atoms with Gasteiger partial charge in [0.2, 0.25) is 11.8 Å². The molecule has 492 valence electrons. The monoisotopic (exact) mass is 1320 g/mol. The van der Waals surface area contributed by atoms with E-state index in [4.69, 9.17) is 25.4 Å². The van der Waals surface area contributed by atoms with Crippen molar-refractivity contribution in [3.63, 3.8) is 0 Å². The first kappa shape index (κ1) is 71.5. The molecule has 0 aliphatic carbocycles. The Balaban J connectivity index is 1.15. The van der Waals surface area contributed by atoms with E-state index < -0.39 is 22.1 Å². The summed E-state index contributed by atoms with van der Waals surface area (Å²) in [6, 6.07) is 42.4. The van der Waals surface area contributed by atoms with Gasteiger partial charge in [-0.25, -0.2) is 15.0 Å². The molecule has 1 aliphatic rings. The van der Waals surface area contributed by atoms with Crippen molar-refractivity contribution in [3.05, 3.63) is 191 Å². The molecule has 2 amide bonds. The van der Waals surface area contributed by atoms with Crippen LogP contribution < -0.4 is 53.3 Å². The van der Waals surface area contributed by atoms with Crippen molar-refractivity contribution in [2.24, 2.45) is 5.73 Å². The highest BCUT2D eigenvalue weighted by atomic mass is 31.2. The van der Waals surface area contributed by atoms with E-state index in [-0.39, 0.29) is 95.4 Å². The molecule has 1 aliphatic heterocycles. The molecule has 0 bridgehead atoms. The van der Waals surface area contributed by atoms with Gasteiger partial charge in [-0.15, -0.1) is 0 Å². The number of rotatable bonds is 28. The average Bonchev–Trinajstić information content (AvgIpc) is 0.951. The Morgan fingerprint density at radius 2 is 0.860 bits per heavy atom. The number of carbonyl (C=O) groups excluding carboxylic acids is 3. The van der Waals surface area contributed by atoms with Crippen molar-refractivity contribution in [1.29, 1.82) is 0 Å². The molecule has 4 aromatic carbocycles. The van der Waals surface area contributed by atoms with Crippen LogP contribution in [0.2, 0.25) is 0 Å². The van der Waals surface area contributed by atoms with Gasteiger partial charge in [0, 0.05) is 98.8 Å². The average molecular weight is 1320 g/mol. The third kappa shape index (κ3) is 22.1. The van der Waals surface area contributed by atoms with Crippen LogP contribution in [0.1, 0.15) is 52.2 Å². The highest BCUT2D eigenvalue weighted by molar-refractivity contribution is 7.74. The van der Waals surface area contributed by atoms with Crippen molar-refractivity contribution in [2.75, 3.05) is 121 Å². The number of ether oxygens (including phenoxy) is 1. The van der Waals surface area contributed by atoms with E-state index in [0.717, 1.165) is 13.1 Å². The SMILES string of the molecule is C[N+](C)(C)CCNC(=O)CCc1cc(CN2CCN(Cc3cc(C#Cc4ccc(OCC(=O)CN)cc4)cc(P(=O)(O)c4ccccc4)n3)CCN(Cc3cc(CCC(=O)NCC[N+](C)(C)C)cc(P(=O)(O)c4ccccc4)n3)CC2)nc(P(=O)(O)c2ccccc2)c1. The molecule has 7 N–H and O–H groups in total. The highest BCUT2D eigenvalue weighted by Gasteiger charge is 2.31. The van der Waals surface area contributed by atoms with Crippen molar-refractivity contribution in [1.82, 2.24) is 40.3 Å². The predicted octanol–water partition coefficient (Wildman–Crippen LogP) is 3.17. The smallest absolute Gasteiger partial charge is 0.276 e. The molecule has 3 aromatic heterocycles. The number of amides is 2. The van der Waals surface area contributed by atoms with Gasteiger partial charge in [0.15, 0.2) is 5.78 Å². The minimum Gasteiger partial charge on any atom is -0.486 e. The molecule has 24 heteroatoms. The van der Waals surface area contributed by atoms with E-state index in [1.807, 2.05) is 12.1 Å². The van der Waals surface area contributed by atoms with Crippen molar-refractivity contribution in [2.45, 2.75) is 45.3 Å². The van der Waals surface area contributed by atoms with Gasteiger partial charge in [0.25, 0.3) is 22.1 Å². The third-order valence-corrected chi connectivity index (χ3v) is 21.2. The molecule has 3 atom stereocenters. The molecular formula is C69H88N11O10P3+2. The molecule has 1 saturated heterocycles. The van der Waals surface area contributed by atoms with Crippen LogP contribution in [0.5, 0.6) is 5.75 Å².